The van der Waals surface area contributed by atoms with Gasteiger partial charge in [0.1, 0.15) is 17.3 Å². The summed E-state index contributed by atoms with van der Waals surface area (Å²) in [5.74, 6) is 0.348. The highest BCUT2D eigenvalue weighted by atomic mass is 28.4. The molecule has 7 nitrogen and oxygen atoms in total. The van der Waals surface area contributed by atoms with Crippen molar-refractivity contribution in [1.29, 1.82) is 0 Å². The first-order valence-electron chi connectivity index (χ1n) is 16.3. The summed E-state index contributed by atoms with van der Waals surface area (Å²) in [6.45, 7) is 7.02. The standard InChI is InChI=1S/C38H48O7Si/c1-37(2,3)46(31-12-7-5-8-13-31,32-14-9-6-10-15-32)45-23-22-38(26-39)24-28(35(40)33-16-11-17-34(38)36(33)41)25-43-27-44-30-20-18-29(42-4)19-21-30/h5-10,12-15,17-21,28,33,36,39,41H,11,16,22-27H2,1-4H3/t28-,33+,36-,38-/m0/s1. The SMILES string of the molecule is COc1ccc(OCOC[C@@H]2C[C@](CO)(CCO[Si](c3ccccc3)(c3ccccc3)C(C)(C)C)C3=CCC[C@H](C2=O)[C@@H]3O)cc1. The lowest BCUT2D eigenvalue weighted by atomic mass is 9.70. The minimum Gasteiger partial charge on any atom is -0.497 e. The molecule has 4 atom stereocenters. The van der Waals surface area contributed by atoms with Gasteiger partial charge in [-0.25, -0.2) is 0 Å². The number of ketones is 1. The Kier molecular flexibility index (Phi) is 10.9. The number of hydrogen-bond donors (Lipinski definition) is 2. The van der Waals surface area contributed by atoms with Crippen LogP contribution in [0, 0.1) is 17.3 Å². The predicted octanol–water partition coefficient (Wildman–Crippen LogP) is 5.28. The summed E-state index contributed by atoms with van der Waals surface area (Å²) in [5, 5.41) is 24.8. The van der Waals surface area contributed by atoms with E-state index in [0.717, 1.165) is 11.3 Å². The van der Waals surface area contributed by atoms with Crippen molar-refractivity contribution in [2.24, 2.45) is 17.3 Å². The number of methoxy groups -OCH3 is 1. The molecule has 2 bridgehead atoms. The van der Waals surface area contributed by atoms with Gasteiger partial charge in [-0.3, -0.25) is 4.79 Å². The fraction of sp³-hybridized carbons (Fsp3) is 0.447. The van der Waals surface area contributed by atoms with Gasteiger partial charge in [-0.15, -0.1) is 0 Å². The average Bonchev–Trinajstić information content (AvgIpc) is 3.10. The minimum atomic E-state index is -2.82. The van der Waals surface area contributed by atoms with E-state index in [1.54, 1.807) is 19.2 Å². The Bertz CT molecular complexity index is 1410. The van der Waals surface area contributed by atoms with Gasteiger partial charge in [0.05, 0.1) is 26.4 Å². The van der Waals surface area contributed by atoms with Crippen LogP contribution in [-0.4, -0.2) is 64.1 Å². The summed E-state index contributed by atoms with van der Waals surface area (Å²) in [5.41, 5.74) is -0.0526. The molecule has 5 rings (SSSR count). The topological polar surface area (TPSA) is 94.5 Å². The molecular formula is C38H48O7Si. The molecule has 0 aromatic heterocycles. The first kappa shape index (κ1) is 34.1. The van der Waals surface area contributed by atoms with Crippen LogP contribution >= 0.6 is 0 Å². The Morgan fingerprint density at radius 3 is 2.09 bits per heavy atom. The molecular weight excluding hydrogens is 596 g/mol. The number of aliphatic hydroxyl groups is 2. The molecule has 46 heavy (non-hydrogen) atoms. The van der Waals surface area contributed by atoms with E-state index in [1.807, 2.05) is 30.3 Å². The lowest BCUT2D eigenvalue weighted by Crippen LogP contribution is -2.66. The lowest BCUT2D eigenvalue weighted by Gasteiger charge is -2.44. The van der Waals surface area contributed by atoms with Crippen molar-refractivity contribution >= 4 is 24.5 Å². The van der Waals surface area contributed by atoms with Crippen LogP contribution in [0.25, 0.3) is 0 Å². The van der Waals surface area contributed by atoms with Gasteiger partial charge in [-0.2, -0.15) is 0 Å². The molecule has 2 aliphatic carbocycles. The third-order valence-corrected chi connectivity index (χ3v) is 14.9. The van der Waals surface area contributed by atoms with E-state index in [4.69, 9.17) is 18.6 Å². The highest BCUT2D eigenvalue weighted by molar-refractivity contribution is 6.99. The van der Waals surface area contributed by atoms with Gasteiger partial charge in [-0.05, 0) is 70.9 Å². The van der Waals surface area contributed by atoms with Crippen molar-refractivity contribution in [2.75, 3.05) is 33.7 Å². The Morgan fingerprint density at radius 2 is 1.52 bits per heavy atom. The van der Waals surface area contributed by atoms with Crippen LogP contribution in [0.4, 0.5) is 0 Å². The van der Waals surface area contributed by atoms with Crippen molar-refractivity contribution in [3.63, 3.8) is 0 Å². The summed E-state index contributed by atoms with van der Waals surface area (Å²) in [7, 11) is -1.21. The molecule has 0 heterocycles. The zero-order chi connectivity index (χ0) is 32.8. The van der Waals surface area contributed by atoms with E-state index >= 15 is 0 Å². The van der Waals surface area contributed by atoms with Gasteiger partial charge >= 0.3 is 0 Å². The smallest absolute Gasteiger partial charge is 0.261 e. The molecule has 2 N–H and O–H groups in total. The van der Waals surface area contributed by atoms with Crippen LogP contribution < -0.4 is 19.8 Å². The fourth-order valence-corrected chi connectivity index (χ4v) is 12.1. The maximum Gasteiger partial charge on any atom is 0.261 e. The number of carbonyl (C=O) groups excluding carboxylic acids is 1. The molecule has 1 saturated carbocycles. The van der Waals surface area contributed by atoms with Crippen molar-refractivity contribution < 1.29 is 33.6 Å². The predicted molar refractivity (Wildman–Crippen MR) is 182 cm³/mol. The molecule has 0 amide bonds. The number of rotatable bonds is 13. The monoisotopic (exact) mass is 644 g/mol. The molecule has 8 heteroatoms. The zero-order valence-electron chi connectivity index (χ0n) is 27.5. The average molecular weight is 645 g/mol. The number of allylic oxidation sites excluding steroid dienone is 1. The normalized spacial score (nSPS) is 23.4. The number of ether oxygens (including phenoxy) is 3. The quantitative estimate of drug-likeness (QED) is 0.113. The second kappa shape index (κ2) is 14.7. The highest BCUT2D eigenvalue weighted by Crippen LogP contribution is 2.49. The van der Waals surface area contributed by atoms with Gasteiger partial charge in [0.25, 0.3) is 8.32 Å². The van der Waals surface area contributed by atoms with E-state index < -0.39 is 31.7 Å². The van der Waals surface area contributed by atoms with Gasteiger partial charge in [0.15, 0.2) is 6.79 Å². The Balaban J connectivity index is 1.38. The number of benzene rings is 3. The minimum absolute atomic E-state index is 0.00854. The van der Waals surface area contributed by atoms with Gasteiger partial charge < -0.3 is 28.8 Å². The molecule has 0 unspecified atom stereocenters. The summed E-state index contributed by atoms with van der Waals surface area (Å²) < 4.78 is 24.1. The van der Waals surface area contributed by atoms with Crippen molar-refractivity contribution in [1.82, 2.24) is 0 Å². The van der Waals surface area contributed by atoms with Crippen LogP contribution in [0.5, 0.6) is 11.5 Å². The Hall–Kier alpha value is -3.27. The maximum absolute atomic E-state index is 13.8. The second-order valence-corrected chi connectivity index (χ2v) is 17.9. The van der Waals surface area contributed by atoms with Crippen LogP contribution in [0.3, 0.4) is 0 Å². The fourth-order valence-electron chi connectivity index (χ4n) is 7.49. The van der Waals surface area contributed by atoms with Gasteiger partial charge in [0.2, 0.25) is 0 Å². The molecule has 3 aromatic carbocycles. The van der Waals surface area contributed by atoms with E-state index in [9.17, 15) is 15.0 Å². The second-order valence-electron chi connectivity index (χ2n) is 13.6. The highest BCUT2D eigenvalue weighted by Gasteiger charge is 2.52. The van der Waals surface area contributed by atoms with E-state index in [1.165, 1.54) is 10.4 Å². The molecule has 0 spiro atoms. The molecule has 3 aromatic rings. The Labute approximate surface area is 274 Å². The van der Waals surface area contributed by atoms with Gasteiger partial charge in [-0.1, -0.05) is 87.5 Å². The number of aliphatic hydroxyl groups excluding tert-OH is 2. The van der Waals surface area contributed by atoms with Crippen molar-refractivity contribution in [3.8, 4) is 11.5 Å². The van der Waals surface area contributed by atoms with Crippen LogP contribution in [0.2, 0.25) is 5.04 Å². The molecule has 0 saturated heterocycles. The van der Waals surface area contributed by atoms with E-state index in [-0.39, 0.29) is 30.8 Å². The maximum atomic E-state index is 13.8. The summed E-state index contributed by atoms with van der Waals surface area (Å²) in [6.07, 6.45) is 3.23. The number of hydrogen-bond acceptors (Lipinski definition) is 7. The van der Waals surface area contributed by atoms with E-state index in [0.29, 0.717) is 38.0 Å². The largest absolute Gasteiger partial charge is 0.497 e. The molecule has 2 aliphatic rings. The van der Waals surface area contributed by atoms with E-state index in [2.05, 4.69) is 69.3 Å². The van der Waals surface area contributed by atoms with Crippen LogP contribution in [0.1, 0.15) is 46.5 Å². The molecule has 246 valence electrons. The molecule has 1 fully saturated rings. The molecule has 0 radical (unpaired) electrons. The first-order chi connectivity index (χ1) is 22.1. The number of fused-ring (bicyclic) bond motifs is 2. The third-order valence-electron chi connectivity index (χ3n) is 9.87. The number of Topliss-reactive ketones (excluding diaryl/α,β-unsaturated/α-hetero) is 1. The molecule has 0 aliphatic heterocycles. The van der Waals surface area contributed by atoms with Crippen LogP contribution in [-0.2, 0) is 14.0 Å². The van der Waals surface area contributed by atoms with Crippen molar-refractivity contribution in [3.05, 3.63) is 96.6 Å². The first-order valence-corrected chi connectivity index (χ1v) is 18.2. The summed E-state index contributed by atoms with van der Waals surface area (Å²) >= 11 is 0. The number of carbonyl (C=O) groups is 1. The van der Waals surface area contributed by atoms with Gasteiger partial charge in [0, 0.05) is 23.9 Å². The zero-order valence-corrected chi connectivity index (χ0v) is 28.5. The Morgan fingerprint density at radius 1 is 0.913 bits per heavy atom. The third kappa shape index (κ3) is 6.87. The van der Waals surface area contributed by atoms with Crippen LogP contribution in [0.15, 0.2) is 96.6 Å². The lowest BCUT2D eigenvalue weighted by molar-refractivity contribution is -0.132. The summed E-state index contributed by atoms with van der Waals surface area (Å²) in [4.78, 5) is 13.8. The summed E-state index contributed by atoms with van der Waals surface area (Å²) in [6, 6.07) is 28.2. The van der Waals surface area contributed by atoms with Crippen molar-refractivity contribution in [2.45, 2.75) is 57.6 Å².